The zero-order valence-corrected chi connectivity index (χ0v) is 9.51. The van der Waals surface area contributed by atoms with Gasteiger partial charge in [0, 0.05) is 12.6 Å². The van der Waals surface area contributed by atoms with Gasteiger partial charge in [-0.05, 0) is 33.2 Å². The highest BCUT2D eigenvalue weighted by Crippen LogP contribution is 2.12. The van der Waals surface area contributed by atoms with Crippen LogP contribution in [-0.4, -0.2) is 34.6 Å². The highest BCUT2D eigenvalue weighted by molar-refractivity contribution is 5.74. The molecule has 0 spiro atoms. The van der Waals surface area contributed by atoms with Crippen molar-refractivity contribution in [2.24, 2.45) is 0 Å². The molecule has 0 bridgehead atoms. The van der Waals surface area contributed by atoms with Crippen LogP contribution in [0.4, 0.5) is 0 Å². The maximum absolute atomic E-state index is 4.38. The Labute approximate surface area is 90.3 Å². The molecular weight excluding hydrogens is 186 g/mol. The topological polar surface area (TPSA) is 21.1 Å². The summed E-state index contributed by atoms with van der Waals surface area (Å²) in [6.45, 7) is 3.20. The molecule has 3 nitrogen and oxygen atoms in total. The number of para-hydroxylation sites is 2. The summed E-state index contributed by atoms with van der Waals surface area (Å²) in [5, 5.41) is 0. The van der Waals surface area contributed by atoms with Gasteiger partial charge in [0.2, 0.25) is 0 Å². The van der Waals surface area contributed by atoms with Crippen molar-refractivity contribution >= 4 is 11.0 Å². The van der Waals surface area contributed by atoms with E-state index in [1.54, 1.807) is 0 Å². The minimum absolute atomic E-state index is 0.516. The number of likely N-dealkylation sites (N-methyl/N-ethyl adjacent to an activating group) is 1. The molecule has 0 radical (unpaired) electrons. The molecule has 1 aromatic heterocycles. The fourth-order valence-electron chi connectivity index (χ4n) is 1.60. The maximum Gasteiger partial charge on any atom is 0.0958 e. The summed E-state index contributed by atoms with van der Waals surface area (Å²) in [5.41, 5.74) is 2.29. The Kier molecular flexibility index (Phi) is 2.73. The first-order valence-electron chi connectivity index (χ1n) is 5.25. The monoisotopic (exact) mass is 203 g/mol. The molecule has 0 amide bonds. The first-order chi connectivity index (χ1) is 7.18. The second kappa shape index (κ2) is 4.03. The Balaban J connectivity index is 2.29. The maximum atomic E-state index is 4.38. The van der Waals surface area contributed by atoms with Gasteiger partial charge in [-0.2, -0.15) is 0 Å². The molecule has 1 aromatic carbocycles. The molecule has 80 valence electrons. The number of hydrogen-bond donors (Lipinski definition) is 0. The predicted octanol–water partition coefficient (Wildman–Crippen LogP) is 1.99. The van der Waals surface area contributed by atoms with Crippen LogP contribution in [0.5, 0.6) is 0 Å². The van der Waals surface area contributed by atoms with Crippen molar-refractivity contribution in [1.82, 2.24) is 14.5 Å². The van der Waals surface area contributed by atoms with Crippen molar-refractivity contribution in [3.63, 3.8) is 0 Å². The van der Waals surface area contributed by atoms with E-state index in [1.807, 2.05) is 18.5 Å². The standard InChI is InChI=1S/C12H17N3/c1-10(14(2)3)8-15-9-13-11-6-4-5-7-12(11)15/h4-7,9-10H,8H2,1-3H3/t10-/m1/s1. The van der Waals surface area contributed by atoms with Crippen LogP contribution < -0.4 is 0 Å². The minimum Gasteiger partial charge on any atom is -0.329 e. The molecule has 0 N–H and O–H groups in total. The van der Waals surface area contributed by atoms with E-state index in [9.17, 15) is 0 Å². The van der Waals surface area contributed by atoms with Gasteiger partial charge in [-0.25, -0.2) is 4.98 Å². The number of nitrogens with zero attached hydrogens (tertiary/aromatic N) is 3. The second-order valence-electron chi connectivity index (χ2n) is 4.20. The molecule has 0 aliphatic carbocycles. The molecule has 1 atom stereocenters. The zero-order valence-electron chi connectivity index (χ0n) is 9.51. The SMILES string of the molecule is C[C@H](Cn1cnc2ccccc21)N(C)C. The Morgan fingerprint density at radius 3 is 2.80 bits per heavy atom. The molecule has 2 aromatic rings. The van der Waals surface area contributed by atoms with Gasteiger partial charge in [-0.1, -0.05) is 12.1 Å². The van der Waals surface area contributed by atoms with Gasteiger partial charge in [0.15, 0.2) is 0 Å². The van der Waals surface area contributed by atoms with Crippen LogP contribution in [-0.2, 0) is 6.54 Å². The third kappa shape index (κ3) is 2.02. The van der Waals surface area contributed by atoms with Crippen LogP contribution in [0.1, 0.15) is 6.92 Å². The molecule has 0 aliphatic rings. The fourth-order valence-corrected chi connectivity index (χ4v) is 1.60. The molecule has 3 heteroatoms. The van der Waals surface area contributed by atoms with Crippen molar-refractivity contribution in [2.45, 2.75) is 19.5 Å². The van der Waals surface area contributed by atoms with Gasteiger partial charge in [0.25, 0.3) is 0 Å². The highest BCUT2D eigenvalue weighted by atomic mass is 15.1. The summed E-state index contributed by atoms with van der Waals surface area (Å²) >= 11 is 0. The van der Waals surface area contributed by atoms with Crippen LogP contribution in [0.25, 0.3) is 11.0 Å². The molecule has 0 saturated carbocycles. The summed E-state index contributed by atoms with van der Waals surface area (Å²) < 4.78 is 2.21. The van der Waals surface area contributed by atoms with Crippen molar-refractivity contribution in [3.05, 3.63) is 30.6 Å². The van der Waals surface area contributed by atoms with E-state index >= 15 is 0 Å². The normalized spacial score (nSPS) is 13.6. The molecule has 15 heavy (non-hydrogen) atoms. The van der Waals surface area contributed by atoms with Crippen molar-refractivity contribution in [1.29, 1.82) is 0 Å². The van der Waals surface area contributed by atoms with Crippen LogP contribution in [0, 0.1) is 0 Å². The van der Waals surface area contributed by atoms with E-state index in [0.717, 1.165) is 12.1 Å². The number of benzene rings is 1. The smallest absolute Gasteiger partial charge is 0.0958 e. The van der Waals surface area contributed by atoms with E-state index in [-0.39, 0.29) is 0 Å². The third-order valence-electron chi connectivity index (χ3n) is 2.87. The summed E-state index contributed by atoms with van der Waals surface area (Å²) in [4.78, 5) is 6.59. The van der Waals surface area contributed by atoms with Gasteiger partial charge in [-0.15, -0.1) is 0 Å². The summed E-state index contributed by atoms with van der Waals surface area (Å²) in [6.07, 6.45) is 1.92. The third-order valence-corrected chi connectivity index (χ3v) is 2.87. The lowest BCUT2D eigenvalue weighted by atomic mass is 10.3. The molecule has 0 aliphatic heterocycles. The number of imidazole rings is 1. The van der Waals surface area contributed by atoms with Crippen LogP contribution >= 0.6 is 0 Å². The Hall–Kier alpha value is -1.35. The highest BCUT2D eigenvalue weighted by Gasteiger charge is 2.07. The van der Waals surface area contributed by atoms with Crippen molar-refractivity contribution in [2.75, 3.05) is 14.1 Å². The number of rotatable bonds is 3. The van der Waals surface area contributed by atoms with Crippen LogP contribution in [0.15, 0.2) is 30.6 Å². The molecule has 2 rings (SSSR count). The first kappa shape index (κ1) is 10.2. The van der Waals surface area contributed by atoms with Crippen LogP contribution in [0.3, 0.4) is 0 Å². The lowest BCUT2D eigenvalue weighted by Gasteiger charge is -2.20. The van der Waals surface area contributed by atoms with Crippen LogP contribution in [0.2, 0.25) is 0 Å². The number of fused-ring (bicyclic) bond motifs is 1. The molecule has 0 unspecified atom stereocenters. The van der Waals surface area contributed by atoms with E-state index in [1.165, 1.54) is 5.52 Å². The Morgan fingerprint density at radius 2 is 2.07 bits per heavy atom. The average Bonchev–Trinajstić information content (AvgIpc) is 2.62. The number of hydrogen-bond acceptors (Lipinski definition) is 2. The quantitative estimate of drug-likeness (QED) is 0.760. The zero-order chi connectivity index (χ0) is 10.8. The van der Waals surface area contributed by atoms with E-state index in [2.05, 4.69) is 47.6 Å². The van der Waals surface area contributed by atoms with Crippen molar-refractivity contribution < 1.29 is 0 Å². The largest absolute Gasteiger partial charge is 0.329 e. The second-order valence-corrected chi connectivity index (χ2v) is 4.20. The first-order valence-corrected chi connectivity index (χ1v) is 5.25. The lowest BCUT2D eigenvalue weighted by Crippen LogP contribution is -2.28. The minimum atomic E-state index is 0.516. The van der Waals surface area contributed by atoms with Gasteiger partial charge >= 0.3 is 0 Å². The molecule has 1 heterocycles. The lowest BCUT2D eigenvalue weighted by molar-refractivity contribution is 0.286. The van der Waals surface area contributed by atoms with E-state index < -0.39 is 0 Å². The molecular formula is C12H17N3. The summed E-state index contributed by atoms with van der Waals surface area (Å²) in [5.74, 6) is 0. The Bertz CT molecular complexity index is 445. The van der Waals surface area contributed by atoms with Crippen molar-refractivity contribution in [3.8, 4) is 0 Å². The van der Waals surface area contributed by atoms with Gasteiger partial charge in [0.05, 0.1) is 17.4 Å². The van der Waals surface area contributed by atoms with Gasteiger partial charge in [0.1, 0.15) is 0 Å². The van der Waals surface area contributed by atoms with Gasteiger partial charge < -0.3 is 9.47 Å². The summed E-state index contributed by atoms with van der Waals surface area (Å²) in [7, 11) is 4.20. The summed E-state index contributed by atoms with van der Waals surface area (Å²) in [6, 6.07) is 8.76. The Morgan fingerprint density at radius 1 is 1.33 bits per heavy atom. The molecule has 0 fully saturated rings. The van der Waals surface area contributed by atoms with E-state index in [4.69, 9.17) is 0 Å². The average molecular weight is 203 g/mol. The fraction of sp³-hybridized carbons (Fsp3) is 0.417. The predicted molar refractivity (Wildman–Crippen MR) is 62.9 cm³/mol. The van der Waals surface area contributed by atoms with Gasteiger partial charge in [-0.3, -0.25) is 0 Å². The number of aromatic nitrogens is 2. The van der Waals surface area contributed by atoms with E-state index in [0.29, 0.717) is 6.04 Å². The molecule has 0 saturated heterocycles.